The van der Waals surface area contributed by atoms with Crippen LogP contribution in [0.1, 0.15) is 10.4 Å². The first-order chi connectivity index (χ1) is 8.58. The lowest BCUT2D eigenvalue weighted by Gasteiger charge is -2.01. The third kappa shape index (κ3) is 2.57. The Morgan fingerprint density at radius 2 is 2.11 bits per heavy atom. The molecule has 1 aromatic heterocycles. The summed E-state index contributed by atoms with van der Waals surface area (Å²) in [7, 11) is 0. The van der Waals surface area contributed by atoms with E-state index < -0.39 is 17.5 Å². The van der Waals surface area contributed by atoms with Gasteiger partial charge in [-0.3, -0.25) is 0 Å². The highest BCUT2D eigenvalue weighted by molar-refractivity contribution is 7.11. The molecule has 92 valence electrons. The van der Waals surface area contributed by atoms with Crippen LogP contribution in [0.2, 0.25) is 0 Å². The number of hydrogen-bond acceptors (Lipinski definition) is 3. The summed E-state index contributed by atoms with van der Waals surface area (Å²) in [5.74, 6) is -2.31. The summed E-state index contributed by atoms with van der Waals surface area (Å²) in [5.41, 5.74) is 0.478. The molecule has 0 bridgehead atoms. The summed E-state index contributed by atoms with van der Waals surface area (Å²) in [5, 5.41) is 20.0. The van der Waals surface area contributed by atoms with Gasteiger partial charge in [-0.1, -0.05) is 12.1 Å². The molecular formula is C13H9FO3S. The van der Waals surface area contributed by atoms with Gasteiger partial charge in [-0.2, -0.15) is 0 Å². The zero-order chi connectivity index (χ0) is 13.1. The summed E-state index contributed by atoms with van der Waals surface area (Å²) < 4.78 is 13.1. The van der Waals surface area contributed by atoms with Crippen molar-refractivity contribution in [3.63, 3.8) is 0 Å². The molecule has 18 heavy (non-hydrogen) atoms. The minimum atomic E-state index is -1.08. The molecule has 2 aromatic rings. The van der Waals surface area contributed by atoms with Crippen LogP contribution in [-0.4, -0.2) is 16.2 Å². The molecule has 3 nitrogen and oxygen atoms in total. The Hall–Kier alpha value is -2.14. The van der Waals surface area contributed by atoms with E-state index >= 15 is 0 Å². The molecule has 0 fully saturated rings. The SMILES string of the molecule is O=C(O)/C(=C/c1ccc(O)c(F)c1)c1cccs1. The maximum absolute atomic E-state index is 13.1. The monoisotopic (exact) mass is 264 g/mol. The molecule has 0 spiro atoms. The number of benzene rings is 1. The van der Waals surface area contributed by atoms with Crippen molar-refractivity contribution < 1.29 is 19.4 Å². The first-order valence-electron chi connectivity index (χ1n) is 5.05. The van der Waals surface area contributed by atoms with Crippen molar-refractivity contribution in [2.45, 2.75) is 0 Å². The number of halogens is 1. The van der Waals surface area contributed by atoms with Crippen molar-refractivity contribution >= 4 is 29.0 Å². The second kappa shape index (κ2) is 5.01. The number of carboxylic acid groups (broad SMARTS) is 1. The van der Waals surface area contributed by atoms with Crippen LogP contribution in [0.15, 0.2) is 35.7 Å². The second-order valence-corrected chi connectivity index (χ2v) is 4.50. The van der Waals surface area contributed by atoms with E-state index in [0.29, 0.717) is 10.4 Å². The number of aliphatic carboxylic acids is 1. The highest BCUT2D eigenvalue weighted by Crippen LogP contribution is 2.24. The van der Waals surface area contributed by atoms with Gasteiger partial charge in [0.15, 0.2) is 11.6 Å². The number of rotatable bonds is 3. The van der Waals surface area contributed by atoms with Gasteiger partial charge < -0.3 is 10.2 Å². The number of carbonyl (C=O) groups is 1. The highest BCUT2D eigenvalue weighted by Gasteiger charge is 2.11. The van der Waals surface area contributed by atoms with Crippen molar-refractivity contribution in [2.75, 3.05) is 0 Å². The average Bonchev–Trinajstić information content (AvgIpc) is 2.83. The minimum absolute atomic E-state index is 0.0927. The van der Waals surface area contributed by atoms with Crippen LogP contribution in [0.4, 0.5) is 4.39 Å². The maximum Gasteiger partial charge on any atom is 0.337 e. The first kappa shape index (κ1) is 12.3. The molecule has 2 N–H and O–H groups in total. The lowest BCUT2D eigenvalue weighted by Crippen LogP contribution is -1.97. The molecule has 5 heteroatoms. The van der Waals surface area contributed by atoms with Gasteiger partial charge in [0.2, 0.25) is 0 Å². The minimum Gasteiger partial charge on any atom is -0.505 e. The van der Waals surface area contributed by atoms with Crippen LogP contribution in [0.25, 0.3) is 11.6 Å². The van der Waals surface area contributed by atoms with Crippen molar-refractivity contribution in [1.82, 2.24) is 0 Å². The van der Waals surface area contributed by atoms with Gasteiger partial charge >= 0.3 is 5.97 Å². The van der Waals surface area contributed by atoms with E-state index in [1.807, 2.05) is 0 Å². The van der Waals surface area contributed by atoms with E-state index in [9.17, 15) is 9.18 Å². The lowest BCUT2D eigenvalue weighted by molar-refractivity contribution is -0.130. The van der Waals surface area contributed by atoms with Gasteiger partial charge in [-0.25, -0.2) is 9.18 Å². The molecule has 0 saturated carbocycles. The maximum atomic E-state index is 13.1. The van der Waals surface area contributed by atoms with Gasteiger partial charge in [0.05, 0.1) is 5.57 Å². The quantitative estimate of drug-likeness (QED) is 0.837. The highest BCUT2D eigenvalue weighted by atomic mass is 32.1. The Bertz CT molecular complexity index is 603. The predicted octanol–water partition coefficient (Wildman–Crippen LogP) is 3.22. The predicted molar refractivity (Wildman–Crippen MR) is 67.9 cm³/mol. The van der Waals surface area contributed by atoms with Gasteiger partial charge in [0, 0.05) is 4.88 Å². The van der Waals surface area contributed by atoms with Gasteiger partial charge in [-0.05, 0) is 35.2 Å². The Balaban J connectivity index is 2.45. The summed E-state index contributed by atoms with van der Waals surface area (Å²) >= 11 is 1.29. The van der Waals surface area contributed by atoms with Crippen molar-refractivity contribution in [1.29, 1.82) is 0 Å². The molecule has 0 atom stereocenters. The molecule has 2 rings (SSSR count). The molecule has 1 heterocycles. The molecule has 1 aromatic carbocycles. The van der Waals surface area contributed by atoms with Crippen LogP contribution in [0.3, 0.4) is 0 Å². The molecule has 0 aliphatic rings. The van der Waals surface area contributed by atoms with Gasteiger partial charge in [0.1, 0.15) is 0 Å². The molecule has 0 aliphatic heterocycles. The number of carboxylic acids is 1. The zero-order valence-corrected chi connectivity index (χ0v) is 9.95. The van der Waals surface area contributed by atoms with Crippen LogP contribution in [0, 0.1) is 5.82 Å². The third-order valence-corrected chi connectivity index (χ3v) is 3.20. The summed E-state index contributed by atoms with van der Waals surface area (Å²) in [6, 6.07) is 7.16. The van der Waals surface area contributed by atoms with Crippen LogP contribution in [-0.2, 0) is 4.79 Å². The molecule has 0 radical (unpaired) electrons. The van der Waals surface area contributed by atoms with E-state index in [2.05, 4.69) is 0 Å². The topological polar surface area (TPSA) is 57.5 Å². The van der Waals surface area contributed by atoms with Crippen molar-refractivity contribution in [3.8, 4) is 5.75 Å². The van der Waals surface area contributed by atoms with Gasteiger partial charge in [0.25, 0.3) is 0 Å². The van der Waals surface area contributed by atoms with E-state index in [0.717, 1.165) is 6.07 Å². The van der Waals surface area contributed by atoms with Crippen molar-refractivity contribution in [3.05, 3.63) is 52.0 Å². The number of thiophene rings is 1. The Morgan fingerprint density at radius 3 is 2.67 bits per heavy atom. The number of phenolic OH excluding ortho intramolecular Hbond substituents is 1. The summed E-state index contributed by atoms with van der Waals surface area (Å²) in [4.78, 5) is 11.7. The fraction of sp³-hybridized carbons (Fsp3) is 0. The largest absolute Gasteiger partial charge is 0.505 e. The first-order valence-corrected chi connectivity index (χ1v) is 5.93. The zero-order valence-electron chi connectivity index (χ0n) is 9.13. The molecule has 0 aliphatic carbocycles. The smallest absolute Gasteiger partial charge is 0.337 e. The average molecular weight is 264 g/mol. The Morgan fingerprint density at radius 1 is 1.33 bits per heavy atom. The number of hydrogen-bond donors (Lipinski definition) is 2. The van der Waals surface area contributed by atoms with E-state index in [-0.39, 0.29) is 5.57 Å². The van der Waals surface area contributed by atoms with Gasteiger partial charge in [-0.15, -0.1) is 11.3 Å². The van der Waals surface area contributed by atoms with Crippen LogP contribution >= 0.6 is 11.3 Å². The third-order valence-electron chi connectivity index (χ3n) is 2.30. The number of aromatic hydroxyl groups is 1. The fourth-order valence-electron chi connectivity index (χ4n) is 1.45. The van der Waals surface area contributed by atoms with E-state index in [1.54, 1.807) is 17.5 Å². The Kier molecular flexibility index (Phi) is 3.43. The molecular weight excluding hydrogens is 255 g/mol. The van der Waals surface area contributed by atoms with Crippen LogP contribution < -0.4 is 0 Å². The van der Waals surface area contributed by atoms with Crippen molar-refractivity contribution in [2.24, 2.45) is 0 Å². The molecule has 0 saturated heterocycles. The summed E-state index contributed by atoms with van der Waals surface area (Å²) in [6.45, 7) is 0. The molecule has 0 unspecified atom stereocenters. The van der Waals surface area contributed by atoms with E-state index in [1.165, 1.54) is 29.5 Å². The lowest BCUT2D eigenvalue weighted by atomic mass is 10.1. The molecule has 0 amide bonds. The normalized spacial score (nSPS) is 11.5. The summed E-state index contributed by atoms with van der Waals surface area (Å²) in [6.07, 6.45) is 1.37. The standard InChI is InChI=1S/C13H9FO3S/c14-10-7-8(3-4-11(10)15)6-9(13(16)17)12-2-1-5-18-12/h1-7,15H,(H,16,17)/b9-6+. The number of phenols is 1. The fourth-order valence-corrected chi connectivity index (χ4v) is 2.18. The van der Waals surface area contributed by atoms with Crippen LogP contribution in [0.5, 0.6) is 5.75 Å². The second-order valence-electron chi connectivity index (χ2n) is 3.55. The Labute approximate surface area is 106 Å². The van der Waals surface area contributed by atoms with E-state index in [4.69, 9.17) is 10.2 Å².